The minimum absolute atomic E-state index is 0.289. The van der Waals surface area contributed by atoms with E-state index in [-0.39, 0.29) is 5.91 Å². The second-order valence-corrected chi connectivity index (χ2v) is 4.96. The molecular weight excluding hydrogens is 276 g/mol. The lowest BCUT2D eigenvalue weighted by Crippen LogP contribution is -2.18. The highest BCUT2D eigenvalue weighted by atomic mass is 35.5. The molecule has 5 nitrogen and oxygen atoms in total. The van der Waals surface area contributed by atoms with Crippen LogP contribution >= 0.6 is 11.6 Å². The molecule has 20 heavy (non-hydrogen) atoms. The molecule has 1 heterocycles. The highest BCUT2D eigenvalue weighted by molar-refractivity contribution is 6.31. The zero-order valence-corrected chi connectivity index (χ0v) is 12.5. The summed E-state index contributed by atoms with van der Waals surface area (Å²) in [4.78, 5) is 12.4. The number of anilines is 2. The molecule has 0 aliphatic rings. The van der Waals surface area contributed by atoms with Crippen LogP contribution in [0.3, 0.4) is 0 Å². The van der Waals surface area contributed by atoms with E-state index in [1.165, 1.54) is 4.68 Å². The quantitative estimate of drug-likeness (QED) is 0.913. The lowest BCUT2D eigenvalue weighted by molar-refractivity contribution is 0.101. The van der Waals surface area contributed by atoms with Gasteiger partial charge in [-0.3, -0.25) is 9.48 Å². The number of nitrogens with zero attached hydrogens (tertiary/aromatic N) is 2. The highest BCUT2D eigenvalue weighted by Crippen LogP contribution is 2.24. The van der Waals surface area contributed by atoms with Gasteiger partial charge in [0.15, 0.2) is 0 Å². The Balaban J connectivity index is 2.33. The maximum Gasteiger partial charge on any atom is 0.276 e. The molecule has 2 rings (SSSR count). The number of carbonyl (C=O) groups is 1. The Morgan fingerprint density at radius 1 is 1.50 bits per heavy atom. The predicted molar refractivity (Wildman–Crippen MR) is 81.1 cm³/mol. The van der Waals surface area contributed by atoms with Gasteiger partial charge in [-0.15, -0.1) is 0 Å². The maximum atomic E-state index is 12.4. The minimum Gasteiger partial charge on any atom is -0.395 e. The van der Waals surface area contributed by atoms with Gasteiger partial charge in [0.05, 0.1) is 11.4 Å². The van der Waals surface area contributed by atoms with E-state index >= 15 is 0 Å². The van der Waals surface area contributed by atoms with Gasteiger partial charge in [-0.25, -0.2) is 0 Å². The van der Waals surface area contributed by atoms with Crippen molar-refractivity contribution >= 4 is 28.9 Å². The molecule has 1 aromatic carbocycles. The summed E-state index contributed by atoms with van der Waals surface area (Å²) in [5, 5.41) is 7.66. The van der Waals surface area contributed by atoms with Crippen LogP contribution in [0.4, 0.5) is 11.4 Å². The molecule has 106 valence electrons. The minimum atomic E-state index is -0.289. The summed E-state index contributed by atoms with van der Waals surface area (Å²) in [6, 6.07) is 5.36. The number of aromatic nitrogens is 2. The molecule has 0 spiro atoms. The second kappa shape index (κ2) is 5.54. The van der Waals surface area contributed by atoms with Crippen molar-refractivity contribution < 1.29 is 4.79 Å². The van der Waals surface area contributed by atoms with Gasteiger partial charge in [-0.05, 0) is 31.0 Å². The van der Waals surface area contributed by atoms with Crippen LogP contribution in [0.5, 0.6) is 0 Å². The molecule has 0 aliphatic carbocycles. The lowest BCUT2D eigenvalue weighted by atomic mass is 10.2. The number of rotatable bonds is 3. The summed E-state index contributed by atoms with van der Waals surface area (Å²) < 4.78 is 1.50. The Morgan fingerprint density at radius 3 is 2.80 bits per heavy atom. The number of benzene rings is 1. The summed E-state index contributed by atoms with van der Waals surface area (Å²) in [6.45, 7) is 3.80. The second-order valence-electron chi connectivity index (χ2n) is 4.55. The zero-order chi connectivity index (χ0) is 14.9. The molecule has 2 aromatic rings. The summed E-state index contributed by atoms with van der Waals surface area (Å²) in [5.41, 5.74) is 8.96. The van der Waals surface area contributed by atoms with Crippen LogP contribution in [0.2, 0.25) is 5.02 Å². The molecule has 0 radical (unpaired) electrons. The largest absolute Gasteiger partial charge is 0.395 e. The van der Waals surface area contributed by atoms with Gasteiger partial charge in [0, 0.05) is 17.8 Å². The van der Waals surface area contributed by atoms with Crippen LogP contribution < -0.4 is 11.1 Å². The van der Waals surface area contributed by atoms with Crippen LogP contribution in [-0.2, 0) is 13.5 Å². The average Bonchev–Trinajstić information content (AvgIpc) is 2.69. The molecule has 3 N–H and O–H groups in total. The number of halogens is 1. The van der Waals surface area contributed by atoms with E-state index in [2.05, 4.69) is 10.4 Å². The third-order valence-electron chi connectivity index (χ3n) is 3.23. The molecule has 0 unspecified atom stereocenters. The number of nitrogens with two attached hydrogens (primary N) is 1. The van der Waals surface area contributed by atoms with E-state index in [4.69, 9.17) is 17.3 Å². The fourth-order valence-electron chi connectivity index (χ4n) is 2.05. The van der Waals surface area contributed by atoms with Gasteiger partial charge < -0.3 is 11.1 Å². The summed E-state index contributed by atoms with van der Waals surface area (Å²) in [7, 11) is 1.70. The Bertz CT molecular complexity index is 663. The Labute approximate surface area is 122 Å². The number of nitrogens with one attached hydrogen (secondary N) is 1. The van der Waals surface area contributed by atoms with Crippen LogP contribution in [0, 0.1) is 6.92 Å². The zero-order valence-electron chi connectivity index (χ0n) is 11.7. The van der Waals surface area contributed by atoms with E-state index in [0.29, 0.717) is 28.5 Å². The molecular formula is C14H17ClN4O. The van der Waals surface area contributed by atoms with E-state index < -0.39 is 0 Å². The van der Waals surface area contributed by atoms with Crippen molar-refractivity contribution in [3.05, 3.63) is 40.2 Å². The first-order valence-corrected chi connectivity index (χ1v) is 6.71. The SMILES string of the molecule is CCc1nn(C)c(C(=O)Nc2cccc(Cl)c2C)c1N. The van der Waals surface area contributed by atoms with Gasteiger partial charge in [0.1, 0.15) is 5.69 Å². The van der Waals surface area contributed by atoms with Crippen LogP contribution in [-0.4, -0.2) is 15.7 Å². The van der Waals surface area contributed by atoms with Gasteiger partial charge in [-0.1, -0.05) is 24.6 Å². The molecule has 0 bridgehead atoms. The number of nitrogen functional groups attached to an aromatic ring is 1. The van der Waals surface area contributed by atoms with Crippen LogP contribution in [0.1, 0.15) is 28.7 Å². The van der Waals surface area contributed by atoms with Crippen molar-refractivity contribution in [2.45, 2.75) is 20.3 Å². The number of hydrogen-bond acceptors (Lipinski definition) is 3. The van der Waals surface area contributed by atoms with Crippen molar-refractivity contribution in [1.29, 1.82) is 0 Å². The summed E-state index contributed by atoms with van der Waals surface area (Å²) >= 11 is 6.04. The standard InChI is InChI=1S/C14H17ClN4O/c1-4-10-12(16)13(19(3)18-10)14(20)17-11-7-5-6-9(15)8(11)2/h5-7H,4,16H2,1-3H3,(H,17,20). The Kier molecular flexibility index (Phi) is 3.99. The van der Waals surface area contributed by atoms with E-state index in [0.717, 1.165) is 11.3 Å². The van der Waals surface area contributed by atoms with Crippen LogP contribution in [0.15, 0.2) is 18.2 Å². The van der Waals surface area contributed by atoms with Gasteiger partial charge in [0.2, 0.25) is 0 Å². The fourth-order valence-corrected chi connectivity index (χ4v) is 2.23. The Morgan fingerprint density at radius 2 is 2.20 bits per heavy atom. The average molecular weight is 293 g/mol. The highest BCUT2D eigenvalue weighted by Gasteiger charge is 2.19. The molecule has 0 atom stereocenters. The van der Waals surface area contributed by atoms with Gasteiger partial charge >= 0.3 is 0 Å². The Hall–Kier alpha value is -2.01. The normalized spacial score (nSPS) is 10.6. The molecule has 1 aromatic heterocycles. The third-order valence-corrected chi connectivity index (χ3v) is 3.64. The van der Waals surface area contributed by atoms with Gasteiger partial charge in [0.25, 0.3) is 5.91 Å². The number of amides is 1. The molecule has 6 heteroatoms. The van der Waals surface area contributed by atoms with E-state index in [1.807, 2.05) is 13.8 Å². The smallest absolute Gasteiger partial charge is 0.276 e. The van der Waals surface area contributed by atoms with E-state index in [9.17, 15) is 4.79 Å². The first-order valence-electron chi connectivity index (χ1n) is 6.33. The van der Waals surface area contributed by atoms with Gasteiger partial charge in [-0.2, -0.15) is 5.10 Å². The number of carbonyl (C=O) groups excluding carboxylic acids is 1. The van der Waals surface area contributed by atoms with Crippen LogP contribution in [0.25, 0.3) is 0 Å². The predicted octanol–water partition coefficient (Wildman–Crippen LogP) is 2.78. The maximum absolute atomic E-state index is 12.4. The fraction of sp³-hybridized carbons (Fsp3) is 0.286. The van der Waals surface area contributed by atoms with Crippen molar-refractivity contribution in [3.8, 4) is 0 Å². The van der Waals surface area contributed by atoms with E-state index in [1.54, 1.807) is 25.2 Å². The number of hydrogen-bond donors (Lipinski definition) is 2. The van der Waals surface area contributed by atoms with Crippen molar-refractivity contribution in [1.82, 2.24) is 9.78 Å². The molecule has 0 saturated heterocycles. The summed E-state index contributed by atoms with van der Waals surface area (Å²) in [6.07, 6.45) is 0.684. The topological polar surface area (TPSA) is 72.9 Å². The third kappa shape index (κ3) is 2.49. The molecule has 0 fully saturated rings. The number of aryl methyl sites for hydroxylation is 2. The molecule has 1 amide bonds. The summed E-state index contributed by atoms with van der Waals surface area (Å²) in [5.74, 6) is -0.289. The monoisotopic (exact) mass is 292 g/mol. The molecule has 0 saturated carbocycles. The van der Waals surface area contributed by atoms with Crippen molar-refractivity contribution in [2.75, 3.05) is 11.1 Å². The first kappa shape index (κ1) is 14.4. The lowest BCUT2D eigenvalue weighted by Gasteiger charge is -2.10. The first-order chi connectivity index (χ1) is 9.45. The molecule has 0 aliphatic heterocycles. The van der Waals surface area contributed by atoms with Crippen molar-refractivity contribution in [3.63, 3.8) is 0 Å². The van der Waals surface area contributed by atoms with Crippen molar-refractivity contribution in [2.24, 2.45) is 7.05 Å².